The minimum atomic E-state index is -0.817. The third kappa shape index (κ3) is 3.07. The molecule has 0 saturated heterocycles. The summed E-state index contributed by atoms with van der Waals surface area (Å²) in [5, 5.41) is 9.03. The zero-order valence-electron chi connectivity index (χ0n) is 11.6. The van der Waals surface area contributed by atoms with Gasteiger partial charge in [0.15, 0.2) is 0 Å². The Morgan fingerprint density at radius 2 is 1.95 bits per heavy atom. The summed E-state index contributed by atoms with van der Waals surface area (Å²) in [4.78, 5) is 22.6. The fraction of sp³-hybridized carbons (Fsp3) is 0.375. The van der Waals surface area contributed by atoms with Crippen molar-refractivity contribution in [3.63, 3.8) is 0 Å². The molecule has 1 N–H and O–H groups in total. The standard InChI is InChI=1S/C16H18O4/c1-16(2)12(14(16)15(18)19)8-9-13(17)20-10-11-6-4-3-5-7-11/h3-9,12,14H,10H2,1-2H3,(H,18,19). The van der Waals surface area contributed by atoms with Gasteiger partial charge in [-0.15, -0.1) is 0 Å². The molecule has 0 amide bonds. The van der Waals surface area contributed by atoms with E-state index in [0.717, 1.165) is 5.56 Å². The maximum absolute atomic E-state index is 11.6. The van der Waals surface area contributed by atoms with Crippen LogP contribution in [-0.2, 0) is 20.9 Å². The number of benzene rings is 1. The van der Waals surface area contributed by atoms with Crippen molar-refractivity contribution in [1.29, 1.82) is 0 Å². The van der Waals surface area contributed by atoms with Gasteiger partial charge in [0.2, 0.25) is 0 Å². The number of aliphatic carboxylic acids is 1. The Balaban J connectivity index is 1.84. The third-order valence-corrected chi connectivity index (χ3v) is 3.84. The van der Waals surface area contributed by atoms with Crippen LogP contribution < -0.4 is 0 Å². The highest BCUT2D eigenvalue weighted by Crippen LogP contribution is 2.58. The van der Waals surface area contributed by atoms with Gasteiger partial charge in [-0.2, -0.15) is 0 Å². The van der Waals surface area contributed by atoms with Crippen LogP contribution in [-0.4, -0.2) is 17.0 Å². The highest BCUT2D eigenvalue weighted by atomic mass is 16.5. The van der Waals surface area contributed by atoms with Crippen molar-refractivity contribution < 1.29 is 19.4 Å². The fourth-order valence-corrected chi connectivity index (χ4v) is 2.47. The van der Waals surface area contributed by atoms with Crippen LogP contribution in [0.25, 0.3) is 0 Å². The molecule has 1 aliphatic rings. The predicted molar refractivity (Wildman–Crippen MR) is 73.8 cm³/mol. The number of rotatable bonds is 5. The van der Waals surface area contributed by atoms with E-state index in [1.807, 2.05) is 44.2 Å². The SMILES string of the molecule is CC1(C)C(C=CC(=O)OCc2ccccc2)C1C(=O)O. The highest BCUT2D eigenvalue weighted by Gasteiger charge is 2.60. The van der Waals surface area contributed by atoms with Gasteiger partial charge in [0.25, 0.3) is 0 Å². The Kier molecular flexibility index (Phi) is 3.93. The molecule has 0 radical (unpaired) electrons. The molecule has 2 unspecified atom stereocenters. The van der Waals surface area contributed by atoms with Crippen LogP contribution in [0.3, 0.4) is 0 Å². The van der Waals surface area contributed by atoms with Crippen LogP contribution >= 0.6 is 0 Å². The molecule has 0 aliphatic heterocycles. The summed E-state index contributed by atoms with van der Waals surface area (Å²) < 4.78 is 5.10. The summed E-state index contributed by atoms with van der Waals surface area (Å²) >= 11 is 0. The topological polar surface area (TPSA) is 63.6 Å². The first-order valence-corrected chi connectivity index (χ1v) is 6.54. The van der Waals surface area contributed by atoms with E-state index < -0.39 is 17.9 Å². The summed E-state index contributed by atoms with van der Waals surface area (Å²) in [6.45, 7) is 3.99. The van der Waals surface area contributed by atoms with Gasteiger partial charge in [-0.1, -0.05) is 50.3 Å². The van der Waals surface area contributed by atoms with Gasteiger partial charge in [0.05, 0.1) is 5.92 Å². The van der Waals surface area contributed by atoms with E-state index in [1.165, 1.54) is 6.08 Å². The van der Waals surface area contributed by atoms with Gasteiger partial charge in [-0.3, -0.25) is 4.79 Å². The predicted octanol–water partition coefficient (Wildman–Crippen LogP) is 2.64. The van der Waals surface area contributed by atoms with E-state index in [9.17, 15) is 9.59 Å². The Labute approximate surface area is 118 Å². The second kappa shape index (κ2) is 5.49. The molecule has 106 valence electrons. The molecule has 4 heteroatoms. The minimum Gasteiger partial charge on any atom is -0.481 e. The van der Waals surface area contributed by atoms with Gasteiger partial charge in [0, 0.05) is 6.08 Å². The smallest absolute Gasteiger partial charge is 0.330 e. The summed E-state index contributed by atoms with van der Waals surface area (Å²) in [5.74, 6) is -1.78. The molecule has 20 heavy (non-hydrogen) atoms. The van der Waals surface area contributed by atoms with Crippen molar-refractivity contribution in [1.82, 2.24) is 0 Å². The van der Waals surface area contributed by atoms with Gasteiger partial charge in [-0.25, -0.2) is 4.79 Å². The van der Waals surface area contributed by atoms with Gasteiger partial charge < -0.3 is 9.84 Å². The molecule has 1 aliphatic carbocycles. The molecule has 2 atom stereocenters. The van der Waals surface area contributed by atoms with Crippen LogP contribution in [0, 0.1) is 17.3 Å². The van der Waals surface area contributed by atoms with Crippen LogP contribution in [0.2, 0.25) is 0 Å². The van der Waals surface area contributed by atoms with Gasteiger partial charge in [0.1, 0.15) is 6.61 Å². The van der Waals surface area contributed by atoms with Crippen molar-refractivity contribution in [2.75, 3.05) is 0 Å². The number of allylic oxidation sites excluding steroid dienone is 1. The lowest BCUT2D eigenvalue weighted by molar-refractivity contribution is -0.140. The maximum atomic E-state index is 11.6. The average molecular weight is 274 g/mol. The summed E-state index contributed by atoms with van der Waals surface area (Å²) in [6.07, 6.45) is 2.98. The zero-order valence-corrected chi connectivity index (χ0v) is 11.6. The second-order valence-electron chi connectivity index (χ2n) is 5.62. The number of carboxylic acids is 1. The van der Waals surface area contributed by atoms with Gasteiger partial charge >= 0.3 is 11.9 Å². The first kappa shape index (κ1) is 14.3. The number of hydrogen-bond donors (Lipinski definition) is 1. The molecule has 0 heterocycles. The molecule has 0 bridgehead atoms. The Morgan fingerprint density at radius 3 is 2.50 bits per heavy atom. The van der Waals surface area contributed by atoms with E-state index in [-0.39, 0.29) is 17.9 Å². The number of ether oxygens (including phenoxy) is 1. The van der Waals surface area contributed by atoms with E-state index in [1.54, 1.807) is 6.08 Å². The average Bonchev–Trinajstić information content (AvgIpc) is 2.97. The van der Waals surface area contributed by atoms with Crippen LogP contribution in [0.4, 0.5) is 0 Å². The Morgan fingerprint density at radius 1 is 1.30 bits per heavy atom. The van der Waals surface area contributed by atoms with Crippen molar-refractivity contribution in [2.45, 2.75) is 20.5 Å². The Hall–Kier alpha value is -2.10. The van der Waals surface area contributed by atoms with Crippen molar-refractivity contribution in [3.05, 3.63) is 48.0 Å². The Bertz CT molecular complexity index is 531. The van der Waals surface area contributed by atoms with Crippen LogP contribution in [0.15, 0.2) is 42.5 Å². The molecule has 1 aromatic rings. The lowest BCUT2D eigenvalue weighted by Crippen LogP contribution is -2.03. The molecular weight excluding hydrogens is 256 g/mol. The molecular formula is C16H18O4. The first-order valence-electron chi connectivity index (χ1n) is 6.54. The van der Waals surface area contributed by atoms with E-state index >= 15 is 0 Å². The van der Waals surface area contributed by atoms with E-state index in [0.29, 0.717) is 0 Å². The normalized spacial score (nSPS) is 23.5. The van der Waals surface area contributed by atoms with E-state index in [4.69, 9.17) is 9.84 Å². The van der Waals surface area contributed by atoms with Crippen molar-refractivity contribution >= 4 is 11.9 Å². The number of carboxylic acid groups (broad SMARTS) is 1. The van der Waals surface area contributed by atoms with Crippen molar-refractivity contribution in [3.8, 4) is 0 Å². The molecule has 0 spiro atoms. The summed E-state index contributed by atoms with van der Waals surface area (Å²) in [7, 11) is 0. The van der Waals surface area contributed by atoms with Crippen molar-refractivity contribution in [2.24, 2.45) is 17.3 Å². The number of esters is 1. The summed E-state index contributed by atoms with van der Waals surface area (Å²) in [6, 6.07) is 9.40. The molecule has 1 saturated carbocycles. The molecule has 1 fully saturated rings. The van der Waals surface area contributed by atoms with Gasteiger partial charge in [-0.05, 0) is 16.9 Å². The molecule has 0 aromatic heterocycles. The minimum absolute atomic E-state index is 0.107. The lowest BCUT2D eigenvalue weighted by atomic mass is 10.1. The molecule has 4 nitrogen and oxygen atoms in total. The lowest BCUT2D eigenvalue weighted by Gasteiger charge is -2.01. The zero-order chi connectivity index (χ0) is 14.8. The number of carbonyl (C=O) groups excluding carboxylic acids is 1. The van der Waals surface area contributed by atoms with Crippen LogP contribution in [0.1, 0.15) is 19.4 Å². The number of carbonyl (C=O) groups is 2. The first-order chi connectivity index (χ1) is 9.43. The monoisotopic (exact) mass is 274 g/mol. The quantitative estimate of drug-likeness (QED) is 0.662. The van der Waals surface area contributed by atoms with E-state index in [2.05, 4.69) is 0 Å². The largest absolute Gasteiger partial charge is 0.481 e. The highest BCUT2D eigenvalue weighted by molar-refractivity contribution is 5.83. The second-order valence-corrected chi connectivity index (χ2v) is 5.62. The maximum Gasteiger partial charge on any atom is 0.330 e. The fourth-order valence-electron chi connectivity index (χ4n) is 2.47. The third-order valence-electron chi connectivity index (χ3n) is 3.84. The van der Waals surface area contributed by atoms with Crippen LogP contribution in [0.5, 0.6) is 0 Å². The molecule has 1 aromatic carbocycles. The number of hydrogen-bond acceptors (Lipinski definition) is 3. The summed E-state index contributed by atoms with van der Waals surface area (Å²) in [5.41, 5.74) is 0.631. The molecule has 2 rings (SSSR count).